The number of fused-ring (bicyclic) bond motifs is 1. The molecule has 0 unspecified atom stereocenters. The molecule has 0 aliphatic carbocycles. The SMILES string of the molecule is COc1ccc(Oc2cc(CNC(=O)c3c(C)nn4cccnc34)ccn2)cc1. The monoisotopic (exact) mass is 389 g/mol. The Hall–Kier alpha value is -3.94. The number of amides is 1. The van der Waals surface area contributed by atoms with Crippen LogP contribution in [0.4, 0.5) is 0 Å². The minimum atomic E-state index is -0.231. The van der Waals surface area contributed by atoms with Crippen LogP contribution in [0.1, 0.15) is 21.6 Å². The number of hydrogen-bond donors (Lipinski definition) is 1. The zero-order valence-corrected chi connectivity index (χ0v) is 16.0. The lowest BCUT2D eigenvalue weighted by atomic mass is 10.2. The van der Waals surface area contributed by atoms with E-state index >= 15 is 0 Å². The van der Waals surface area contributed by atoms with Crippen LogP contribution in [0, 0.1) is 6.92 Å². The van der Waals surface area contributed by atoms with Crippen molar-refractivity contribution < 1.29 is 14.3 Å². The Kier molecular flexibility index (Phi) is 5.07. The highest BCUT2D eigenvalue weighted by Crippen LogP contribution is 2.23. The lowest BCUT2D eigenvalue weighted by molar-refractivity contribution is 0.0951. The van der Waals surface area contributed by atoms with Gasteiger partial charge >= 0.3 is 0 Å². The Morgan fingerprint density at radius 1 is 1.10 bits per heavy atom. The van der Waals surface area contributed by atoms with E-state index in [0.29, 0.717) is 35.1 Å². The molecule has 3 heterocycles. The van der Waals surface area contributed by atoms with Crippen molar-refractivity contribution in [3.05, 3.63) is 77.9 Å². The molecule has 0 aliphatic heterocycles. The van der Waals surface area contributed by atoms with Crippen LogP contribution < -0.4 is 14.8 Å². The molecule has 1 N–H and O–H groups in total. The fourth-order valence-electron chi connectivity index (χ4n) is 2.91. The van der Waals surface area contributed by atoms with E-state index in [1.807, 2.05) is 18.2 Å². The first-order valence-electron chi connectivity index (χ1n) is 8.99. The molecule has 0 spiro atoms. The third-order valence-corrected chi connectivity index (χ3v) is 4.33. The summed E-state index contributed by atoms with van der Waals surface area (Å²) in [6.07, 6.45) is 5.04. The topological polar surface area (TPSA) is 90.6 Å². The van der Waals surface area contributed by atoms with Crippen molar-refractivity contribution in [1.82, 2.24) is 24.9 Å². The van der Waals surface area contributed by atoms with Crippen molar-refractivity contribution in [1.29, 1.82) is 0 Å². The molecule has 8 heteroatoms. The summed E-state index contributed by atoms with van der Waals surface area (Å²) in [6, 6.07) is 12.6. The molecule has 0 radical (unpaired) electrons. The molecule has 4 rings (SSSR count). The minimum absolute atomic E-state index is 0.231. The Labute approximate surface area is 167 Å². The smallest absolute Gasteiger partial charge is 0.257 e. The van der Waals surface area contributed by atoms with Gasteiger partial charge in [-0.25, -0.2) is 14.5 Å². The standard InChI is InChI=1S/C21H19N5O3/c1-14-19(20-23-9-3-11-26(20)25-14)21(27)24-13-15-8-10-22-18(12-15)29-17-6-4-16(28-2)5-7-17/h3-12H,13H2,1-2H3,(H,24,27). The van der Waals surface area contributed by atoms with Crippen molar-refractivity contribution in [3.8, 4) is 17.4 Å². The quantitative estimate of drug-likeness (QED) is 0.545. The summed E-state index contributed by atoms with van der Waals surface area (Å²) in [6.45, 7) is 2.11. The van der Waals surface area contributed by atoms with Crippen molar-refractivity contribution >= 4 is 11.6 Å². The highest BCUT2D eigenvalue weighted by molar-refractivity contribution is 6.00. The zero-order chi connectivity index (χ0) is 20.2. The summed E-state index contributed by atoms with van der Waals surface area (Å²) in [5.41, 5.74) is 2.48. The van der Waals surface area contributed by atoms with E-state index in [1.165, 1.54) is 0 Å². The van der Waals surface area contributed by atoms with E-state index in [4.69, 9.17) is 9.47 Å². The van der Waals surface area contributed by atoms with Gasteiger partial charge < -0.3 is 14.8 Å². The summed E-state index contributed by atoms with van der Waals surface area (Å²) in [5, 5.41) is 7.23. The first-order chi connectivity index (χ1) is 14.1. The molecule has 0 bridgehead atoms. The second-order valence-corrected chi connectivity index (χ2v) is 6.31. The second kappa shape index (κ2) is 7.97. The number of aryl methyl sites for hydroxylation is 1. The Balaban J connectivity index is 1.45. The van der Waals surface area contributed by atoms with Gasteiger partial charge in [0, 0.05) is 31.2 Å². The number of nitrogens with zero attached hydrogens (tertiary/aromatic N) is 4. The zero-order valence-electron chi connectivity index (χ0n) is 16.0. The van der Waals surface area contributed by atoms with Gasteiger partial charge in [0.2, 0.25) is 5.88 Å². The number of aromatic nitrogens is 4. The normalized spacial score (nSPS) is 10.7. The predicted molar refractivity (Wildman–Crippen MR) is 106 cm³/mol. The van der Waals surface area contributed by atoms with E-state index in [-0.39, 0.29) is 5.91 Å². The van der Waals surface area contributed by atoms with E-state index in [1.54, 1.807) is 61.4 Å². The lowest BCUT2D eigenvalue weighted by Gasteiger charge is -2.08. The van der Waals surface area contributed by atoms with Crippen LogP contribution >= 0.6 is 0 Å². The summed E-state index contributed by atoms with van der Waals surface area (Å²) >= 11 is 0. The number of carbonyl (C=O) groups is 1. The molecular weight excluding hydrogens is 370 g/mol. The summed E-state index contributed by atoms with van der Waals surface area (Å²) in [4.78, 5) is 21.2. The van der Waals surface area contributed by atoms with Gasteiger partial charge in [0.15, 0.2) is 5.65 Å². The molecule has 0 saturated heterocycles. The number of benzene rings is 1. The third-order valence-electron chi connectivity index (χ3n) is 4.33. The first kappa shape index (κ1) is 18.4. The Morgan fingerprint density at radius 2 is 1.90 bits per heavy atom. The molecule has 8 nitrogen and oxygen atoms in total. The molecule has 29 heavy (non-hydrogen) atoms. The van der Waals surface area contributed by atoms with Gasteiger partial charge in [-0.05, 0) is 48.9 Å². The van der Waals surface area contributed by atoms with Gasteiger partial charge in [-0.3, -0.25) is 4.79 Å². The van der Waals surface area contributed by atoms with Crippen molar-refractivity contribution in [2.75, 3.05) is 7.11 Å². The maximum absolute atomic E-state index is 12.7. The first-order valence-corrected chi connectivity index (χ1v) is 8.99. The van der Waals surface area contributed by atoms with Crippen molar-refractivity contribution in [2.45, 2.75) is 13.5 Å². The van der Waals surface area contributed by atoms with Crippen LogP contribution in [-0.2, 0) is 6.54 Å². The van der Waals surface area contributed by atoms with Crippen LogP contribution in [0.15, 0.2) is 61.1 Å². The highest BCUT2D eigenvalue weighted by Gasteiger charge is 2.17. The fraction of sp³-hybridized carbons (Fsp3) is 0.143. The van der Waals surface area contributed by atoms with Crippen LogP contribution in [0.3, 0.4) is 0 Å². The van der Waals surface area contributed by atoms with E-state index in [9.17, 15) is 4.79 Å². The van der Waals surface area contributed by atoms with Gasteiger partial charge in [0.25, 0.3) is 5.91 Å². The van der Waals surface area contributed by atoms with Gasteiger partial charge in [0.05, 0.1) is 12.8 Å². The molecule has 0 atom stereocenters. The number of rotatable bonds is 6. The number of carbonyl (C=O) groups excluding carboxylic acids is 1. The average molecular weight is 389 g/mol. The van der Waals surface area contributed by atoms with Crippen LogP contribution in [0.5, 0.6) is 17.4 Å². The van der Waals surface area contributed by atoms with Crippen molar-refractivity contribution in [3.63, 3.8) is 0 Å². The number of nitrogens with one attached hydrogen (secondary N) is 1. The highest BCUT2D eigenvalue weighted by atomic mass is 16.5. The Bertz CT molecular complexity index is 1150. The van der Waals surface area contributed by atoms with Crippen LogP contribution in [0.2, 0.25) is 0 Å². The second-order valence-electron chi connectivity index (χ2n) is 6.31. The molecule has 1 aromatic carbocycles. The number of hydrogen-bond acceptors (Lipinski definition) is 6. The summed E-state index contributed by atoms with van der Waals surface area (Å²) in [5.74, 6) is 1.60. The predicted octanol–water partition coefficient (Wildman–Crippen LogP) is 3.16. The molecule has 1 amide bonds. The lowest BCUT2D eigenvalue weighted by Crippen LogP contribution is -2.23. The molecule has 4 aromatic rings. The number of ether oxygens (including phenoxy) is 2. The molecule has 0 saturated carbocycles. The van der Waals surface area contributed by atoms with E-state index in [0.717, 1.165) is 11.3 Å². The van der Waals surface area contributed by atoms with Crippen molar-refractivity contribution in [2.24, 2.45) is 0 Å². The third kappa shape index (κ3) is 4.01. The van der Waals surface area contributed by atoms with Gasteiger partial charge in [0.1, 0.15) is 17.1 Å². The minimum Gasteiger partial charge on any atom is -0.497 e. The van der Waals surface area contributed by atoms with Gasteiger partial charge in [-0.1, -0.05) is 0 Å². The van der Waals surface area contributed by atoms with Gasteiger partial charge in [-0.15, -0.1) is 0 Å². The maximum Gasteiger partial charge on any atom is 0.257 e. The fourth-order valence-corrected chi connectivity index (χ4v) is 2.91. The number of pyridine rings is 1. The summed E-state index contributed by atoms with van der Waals surface area (Å²) < 4.78 is 12.5. The molecule has 0 fully saturated rings. The van der Waals surface area contributed by atoms with Crippen LogP contribution in [-0.4, -0.2) is 32.6 Å². The molecule has 3 aromatic heterocycles. The van der Waals surface area contributed by atoms with Gasteiger partial charge in [-0.2, -0.15) is 5.10 Å². The molecule has 146 valence electrons. The largest absolute Gasteiger partial charge is 0.497 e. The Morgan fingerprint density at radius 3 is 2.69 bits per heavy atom. The average Bonchev–Trinajstić information content (AvgIpc) is 3.08. The van der Waals surface area contributed by atoms with E-state index < -0.39 is 0 Å². The summed E-state index contributed by atoms with van der Waals surface area (Å²) in [7, 11) is 1.61. The maximum atomic E-state index is 12.7. The van der Waals surface area contributed by atoms with Crippen LogP contribution in [0.25, 0.3) is 5.65 Å². The molecular formula is C21H19N5O3. The number of methoxy groups -OCH3 is 1. The molecule has 0 aliphatic rings. The van der Waals surface area contributed by atoms with E-state index in [2.05, 4.69) is 20.4 Å².